The third-order valence-electron chi connectivity index (χ3n) is 2.76. The Bertz CT molecular complexity index is 533. The van der Waals surface area contributed by atoms with Crippen LogP contribution in [0.3, 0.4) is 0 Å². The first kappa shape index (κ1) is 16.8. The van der Waals surface area contributed by atoms with Crippen molar-refractivity contribution in [3.63, 3.8) is 0 Å². The number of benzene rings is 1. The molecule has 6 heteroatoms. The lowest BCUT2D eigenvalue weighted by Crippen LogP contribution is -2.27. The second-order valence-corrected chi connectivity index (χ2v) is 5.70. The van der Waals surface area contributed by atoms with Crippen molar-refractivity contribution in [2.75, 3.05) is 5.32 Å². The van der Waals surface area contributed by atoms with E-state index in [1.54, 1.807) is 27.7 Å². The van der Waals surface area contributed by atoms with Gasteiger partial charge in [-0.25, -0.2) is 4.79 Å². The molecule has 116 valence electrons. The molecule has 1 unspecified atom stereocenters. The summed E-state index contributed by atoms with van der Waals surface area (Å²) in [6.45, 7) is 6.92. The van der Waals surface area contributed by atoms with E-state index in [9.17, 15) is 14.7 Å². The fraction of sp³-hybridized carbons (Fsp3) is 0.467. The number of phenols is 1. The van der Waals surface area contributed by atoms with Gasteiger partial charge in [-0.2, -0.15) is 0 Å². The summed E-state index contributed by atoms with van der Waals surface area (Å²) >= 11 is 0. The highest BCUT2D eigenvalue weighted by Gasteiger charge is 2.21. The molecule has 0 aliphatic carbocycles. The van der Waals surface area contributed by atoms with E-state index in [-0.39, 0.29) is 11.4 Å². The molecule has 0 bridgehead atoms. The summed E-state index contributed by atoms with van der Waals surface area (Å²) in [4.78, 5) is 22.9. The lowest BCUT2D eigenvalue weighted by Gasteiger charge is -2.20. The number of ether oxygens (including phenoxy) is 1. The molecule has 0 saturated heterocycles. The summed E-state index contributed by atoms with van der Waals surface area (Å²) in [6, 6.07) is 4.33. The fourth-order valence-corrected chi connectivity index (χ4v) is 1.84. The normalized spacial score (nSPS) is 12.6. The van der Waals surface area contributed by atoms with Crippen LogP contribution in [0.15, 0.2) is 18.2 Å². The lowest BCUT2D eigenvalue weighted by atomic mass is 9.96. The summed E-state index contributed by atoms with van der Waals surface area (Å²) in [6.07, 6.45) is -0.301. The Morgan fingerprint density at radius 2 is 1.95 bits per heavy atom. The zero-order valence-corrected chi connectivity index (χ0v) is 12.6. The number of carbonyl (C=O) groups is 2. The van der Waals surface area contributed by atoms with Crippen molar-refractivity contribution in [1.82, 2.24) is 0 Å². The van der Waals surface area contributed by atoms with Crippen molar-refractivity contribution < 1.29 is 24.5 Å². The lowest BCUT2D eigenvalue weighted by molar-refractivity contribution is -0.138. The van der Waals surface area contributed by atoms with E-state index < -0.39 is 23.6 Å². The molecule has 1 rings (SSSR count). The first-order valence-corrected chi connectivity index (χ1v) is 6.69. The average molecular weight is 295 g/mol. The molecule has 0 spiro atoms. The van der Waals surface area contributed by atoms with Crippen LogP contribution in [0.4, 0.5) is 10.5 Å². The first-order valence-electron chi connectivity index (χ1n) is 6.69. The molecule has 3 N–H and O–H groups in total. The molecule has 0 saturated carbocycles. The van der Waals surface area contributed by atoms with Crippen molar-refractivity contribution in [2.24, 2.45) is 0 Å². The topological polar surface area (TPSA) is 95.9 Å². The molecule has 0 fully saturated rings. The molecule has 0 aromatic heterocycles. The number of carbonyl (C=O) groups excluding carboxylic acids is 1. The van der Waals surface area contributed by atoms with Gasteiger partial charge in [0.25, 0.3) is 0 Å². The standard InChI is InChI=1S/C15H21NO5/c1-5-10(13(18)19)9-6-7-12(17)11(8-9)16-14(20)21-15(2,3)4/h6-8,10,17H,5H2,1-4H3,(H,16,20)(H,18,19). The van der Waals surface area contributed by atoms with Crippen molar-refractivity contribution in [1.29, 1.82) is 0 Å². The van der Waals surface area contributed by atoms with Crippen LogP contribution in [0.1, 0.15) is 45.6 Å². The Morgan fingerprint density at radius 1 is 1.33 bits per heavy atom. The zero-order chi connectivity index (χ0) is 16.2. The monoisotopic (exact) mass is 295 g/mol. The molecule has 0 heterocycles. The van der Waals surface area contributed by atoms with E-state index in [2.05, 4.69) is 5.32 Å². The second kappa shape index (κ2) is 6.47. The number of aromatic hydroxyl groups is 1. The molecule has 0 radical (unpaired) electrons. The van der Waals surface area contributed by atoms with Crippen LogP contribution in [-0.2, 0) is 9.53 Å². The van der Waals surface area contributed by atoms with E-state index in [1.165, 1.54) is 18.2 Å². The predicted molar refractivity (Wildman–Crippen MR) is 78.6 cm³/mol. The number of hydrogen-bond donors (Lipinski definition) is 3. The van der Waals surface area contributed by atoms with Gasteiger partial charge in [0.15, 0.2) is 0 Å². The molecule has 21 heavy (non-hydrogen) atoms. The van der Waals surface area contributed by atoms with E-state index in [1.807, 2.05) is 0 Å². The SMILES string of the molecule is CCC(C(=O)O)c1ccc(O)c(NC(=O)OC(C)(C)C)c1. The maximum Gasteiger partial charge on any atom is 0.412 e. The molecule has 0 aliphatic heterocycles. The van der Waals surface area contributed by atoms with Crippen molar-refractivity contribution in [3.8, 4) is 5.75 Å². The van der Waals surface area contributed by atoms with Gasteiger partial charge in [-0.3, -0.25) is 10.1 Å². The van der Waals surface area contributed by atoms with Gasteiger partial charge in [0.05, 0.1) is 11.6 Å². The van der Waals surface area contributed by atoms with E-state index in [0.29, 0.717) is 12.0 Å². The maximum absolute atomic E-state index is 11.7. The molecular weight excluding hydrogens is 274 g/mol. The molecule has 1 aromatic rings. The third kappa shape index (κ3) is 4.98. The summed E-state index contributed by atoms with van der Waals surface area (Å²) < 4.78 is 5.09. The third-order valence-corrected chi connectivity index (χ3v) is 2.76. The quantitative estimate of drug-likeness (QED) is 0.740. The number of phenolic OH excluding ortho intramolecular Hbond substituents is 1. The van der Waals surface area contributed by atoms with Crippen LogP contribution in [0.5, 0.6) is 5.75 Å². The summed E-state index contributed by atoms with van der Waals surface area (Å²) in [5.74, 6) is -1.79. The van der Waals surface area contributed by atoms with Gasteiger partial charge < -0.3 is 14.9 Å². The summed E-state index contributed by atoms with van der Waals surface area (Å²) in [5.41, 5.74) is -0.0278. The zero-order valence-electron chi connectivity index (χ0n) is 12.6. The first-order chi connectivity index (χ1) is 9.64. The largest absolute Gasteiger partial charge is 0.506 e. The van der Waals surface area contributed by atoms with E-state index in [4.69, 9.17) is 9.84 Å². The molecule has 6 nitrogen and oxygen atoms in total. The van der Waals surface area contributed by atoms with E-state index >= 15 is 0 Å². The Labute approximate surface area is 123 Å². The van der Waals surface area contributed by atoms with Gasteiger partial charge in [-0.05, 0) is 44.9 Å². The van der Waals surface area contributed by atoms with Gasteiger partial charge in [0, 0.05) is 0 Å². The van der Waals surface area contributed by atoms with Crippen LogP contribution in [0, 0.1) is 0 Å². The van der Waals surface area contributed by atoms with E-state index in [0.717, 1.165) is 0 Å². The van der Waals surface area contributed by atoms with Gasteiger partial charge in [0.1, 0.15) is 11.4 Å². The average Bonchev–Trinajstić information content (AvgIpc) is 2.31. The van der Waals surface area contributed by atoms with Gasteiger partial charge in [0.2, 0.25) is 0 Å². The minimum atomic E-state index is -0.952. The molecule has 0 aliphatic rings. The highest BCUT2D eigenvalue weighted by molar-refractivity contribution is 5.87. The number of rotatable bonds is 4. The predicted octanol–water partition coefficient (Wildman–Crippen LogP) is 3.32. The summed E-state index contributed by atoms with van der Waals surface area (Å²) in [7, 11) is 0. The van der Waals surface area contributed by atoms with Crippen LogP contribution >= 0.6 is 0 Å². The molecular formula is C15H21NO5. The van der Waals surface area contributed by atoms with Crippen LogP contribution in [0.25, 0.3) is 0 Å². The van der Waals surface area contributed by atoms with Crippen molar-refractivity contribution in [3.05, 3.63) is 23.8 Å². The summed E-state index contributed by atoms with van der Waals surface area (Å²) in [5, 5.41) is 21.3. The number of aliphatic carboxylic acids is 1. The number of anilines is 1. The van der Waals surface area contributed by atoms with Gasteiger partial charge >= 0.3 is 12.1 Å². The number of nitrogens with one attached hydrogen (secondary N) is 1. The molecule has 1 aromatic carbocycles. The van der Waals surface area contributed by atoms with Crippen molar-refractivity contribution >= 4 is 17.7 Å². The smallest absolute Gasteiger partial charge is 0.412 e. The Kier molecular flexibility index (Phi) is 5.18. The number of amides is 1. The second-order valence-electron chi connectivity index (χ2n) is 5.70. The van der Waals surface area contributed by atoms with Crippen molar-refractivity contribution in [2.45, 2.75) is 45.6 Å². The van der Waals surface area contributed by atoms with Gasteiger partial charge in [-0.1, -0.05) is 13.0 Å². The number of carboxylic acids is 1. The Balaban J connectivity index is 2.97. The molecule has 1 amide bonds. The molecule has 1 atom stereocenters. The van der Waals surface area contributed by atoms with Crippen LogP contribution < -0.4 is 5.32 Å². The highest BCUT2D eigenvalue weighted by atomic mass is 16.6. The van der Waals surface area contributed by atoms with Crippen LogP contribution in [0.2, 0.25) is 0 Å². The number of hydrogen-bond acceptors (Lipinski definition) is 4. The Hall–Kier alpha value is -2.24. The minimum absolute atomic E-state index is 0.126. The highest BCUT2D eigenvalue weighted by Crippen LogP contribution is 2.29. The Morgan fingerprint density at radius 3 is 2.43 bits per heavy atom. The maximum atomic E-state index is 11.7. The van der Waals surface area contributed by atoms with Crippen LogP contribution in [-0.4, -0.2) is 27.9 Å². The minimum Gasteiger partial charge on any atom is -0.506 e. The fourth-order valence-electron chi connectivity index (χ4n) is 1.84. The number of carboxylic acid groups (broad SMARTS) is 1. The van der Waals surface area contributed by atoms with Gasteiger partial charge in [-0.15, -0.1) is 0 Å².